The summed E-state index contributed by atoms with van der Waals surface area (Å²) >= 11 is 0. The summed E-state index contributed by atoms with van der Waals surface area (Å²) in [6.07, 6.45) is 2.39. The maximum Gasteiger partial charge on any atom is 0.573 e. The summed E-state index contributed by atoms with van der Waals surface area (Å²) in [6.45, 7) is -2.69. The SMILES string of the molecule is O=C(/C=C/c1cccc(OC(F)F)c1OCC1CCC1)Nc1cccnc1Nc1ccc(OC(F)(F)F)cc1. The minimum atomic E-state index is -4.80. The second-order valence-electron chi connectivity index (χ2n) is 8.58. The molecule has 7 nitrogen and oxygen atoms in total. The number of hydrogen-bond acceptors (Lipinski definition) is 6. The molecule has 0 unspecified atom stereocenters. The number of hydrogen-bond donors (Lipinski definition) is 2. The Labute approximate surface area is 220 Å². The zero-order valence-corrected chi connectivity index (χ0v) is 20.4. The second-order valence-corrected chi connectivity index (χ2v) is 8.58. The molecule has 0 spiro atoms. The number of pyridine rings is 1. The molecule has 2 N–H and O–H groups in total. The average molecular weight is 549 g/mol. The van der Waals surface area contributed by atoms with Gasteiger partial charge in [0.1, 0.15) is 5.75 Å². The van der Waals surface area contributed by atoms with Gasteiger partial charge >= 0.3 is 13.0 Å². The molecule has 3 aromatic rings. The summed E-state index contributed by atoms with van der Waals surface area (Å²) in [5, 5.41) is 5.58. The third-order valence-electron chi connectivity index (χ3n) is 5.74. The van der Waals surface area contributed by atoms with E-state index in [0.717, 1.165) is 31.4 Å². The number of benzene rings is 2. The number of carbonyl (C=O) groups is 1. The molecule has 39 heavy (non-hydrogen) atoms. The van der Waals surface area contributed by atoms with Crippen LogP contribution in [-0.2, 0) is 4.79 Å². The summed E-state index contributed by atoms with van der Waals surface area (Å²) in [6, 6.07) is 12.7. The Morgan fingerprint density at radius 2 is 1.85 bits per heavy atom. The lowest BCUT2D eigenvalue weighted by molar-refractivity contribution is -0.274. The monoisotopic (exact) mass is 549 g/mol. The molecule has 1 heterocycles. The number of ether oxygens (including phenoxy) is 3. The predicted molar refractivity (Wildman–Crippen MR) is 134 cm³/mol. The van der Waals surface area contributed by atoms with Crippen molar-refractivity contribution in [1.82, 2.24) is 4.98 Å². The molecule has 0 aliphatic heterocycles. The molecule has 1 saturated carbocycles. The number of nitrogens with zero attached hydrogens (tertiary/aromatic N) is 1. The van der Waals surface area contributed by atoms with Gasteiger partial charge in [0.05, 0.1) is 12.3 Å². The standard InChI is InChI=1S/C27H24F5N3O4/c28-26(29)38-22-8-2-6-18(24(22)37-16-17-4-1-5-17)9-14-23(36)35-21-7-3-15-33-25(21)34-19-10-12-20(13-11-19)39-27(30,31)32/h2-3,6-15,17,26H,1,4-5,16H2,(H,33,34)(H,35,36)/b14-9+. The lowest BCUT2D eigenvalue weighted by Gasteiger charge is -2.26. The predicted octanol–water partition coefficient (Wildman–Crippen LogP) is 7.16. The second kappa shape index (κ2) is 12.5. The maximum absolute atomic E-state index is 12.9. The Bertz CT molecular complexity index is 1300. The number of rotatable bonds is 11. The van der Waals surface area contributed by atoms with Crippen molar-refractivity contribution in [1.29, 1.82) is 0 Å². The van der Waals surface area contributed by atoms with Crippen LogP contribution in [0.25, 0.3) is 6.08 Å². The first kappa shape index (κ1) is 27.7. The van der Waals surface area contributed by atoms with Gasteiger partial charge in [-0.15, -0.1) is 13.2 Å². The van der Waals surface area contributed by atoms with Gasteiger partial charge in [0.2, 0.25) is 5.91 Å². The normalized spacial score (nSPS) is 13.7. The number of halogens is 5. The number of alkyl halides is 5. The lowest BCUT2D eigenvalue weighted by atomic mass is 9.86. The molecule has 0 atom stereocenters. The van der Waals surface area contributed by atoms with Crippen LogP contribution in [-0.4, -0.2) is 30.5 Å². The van der Waals surface area contributed by atoms with Gasteiger partial charge in [-0.05, 0) is 67.3 Å². The van der Waals surface area contributed by atoms with Crippen LogP contribution >= 0.6 is 0 Å². The fourth-order valence-electron chi connectivity index (χ4n) is 3.69. The van der Waals surface area contributed by atoms with Crippen LogP contribution in [0.2, 0.25) is 0 Å². The van der Waals surface area contributed by atoms with Crippen molar-refractivity contribution >= 4 is 29.2 Å². The lowest BCUT2D eigenvalue weighted by Crippen LogP contribution is -2.20. The van der Waals surface area contributed by atoms with Crippen molar-refractivity contribution < 1.29 is 41.0 Å². The van der Waals surface area contributed by atoms with Gasteiger partial charge in [0.15, 0.2) is 17.3 Å². The molecule has 0 radical (unpaired) electrons. The number of amides is 1. The van der Waals surface area contributed by atoms with Gasteiger partial charge < -0.3 is 24.8 Å². The van der Waals surface area contributed by atoms with Crippen molar-refractivity contribution in [3.63, 3.8) is 0 Å². The van der Waals surface area contributed by atoms with Crippen molar-refractivity contribution in [2.75, 3.05) is 17.2 Å². The van der Waals surface area contributed by atoms with Gasteiger partial charge in [-0.3, -0.25) is 4.79 Å². The number of aromatic nitrogens is 1. The largest absolute Gasteiger partial charge is 0.573 e. The molecular weight excluding hydrogens is 525 g/mol. The van der Waals surface area contributed by atoms with E-state index < -0.39 is 18.9 Å². The Morgan fingerprint density at radius 1 is 1.08 bits per heavy atom. The zero-order valence-electron chi connectivity index (χ0n) is 20.4. The Balaban J connectivity index is 1.45. The minimum absolute atomic E-state index is 0.121. The minimum Gasteiger partial charge on any atom is -0.489 e. The number of anilines is 3. The first-order valence-electron chi connectivity index (χ1n) is 11.9. The highest BCUT2D eigenvalue weighted by Crippen LogP contribution is 2.36. The van der Waals surface area contributed by atoms with Gasteiger partial charge in [-0.2, -0.15) is 8.78 Å². The molecule has 12 heteroatoms. The van der Waals surface area contributed by atoms with Crippen molar-refractivity contribution in [3.05, 3.63) is 72.4 Å². The molecule has 1 aliphatic rings. The van der Waals surface area contributed by atoms with Crippen molar-refractivity contribution in [2.24, 2.45) is 5.92 Å². The quantitative estimate of drug-likeness (QED) is 0.195. The fourth-order valence-corrected chi connectivity index (χ4v) is 3.69. The summed E-state index contributed by atoms with van der Waals surface area (Å²) in [4.78, 5) is 16.9. The smallest absolute Gasteiger partial charge is 0.489 e. The van der Waals surface area contributed by atoms with E-state index >= 15 is 0 Å². The van der Waals surface area contributed by atoms with Crippen LogP contribution in [0, 0.1) is 5.92 Å². The first-order chi connectivity index (χ1) is 18.7. The molecule has 1 aromatic heterocycles. The van der Waals surface area contributed by atoms with Crippen molar-refractivity contribution in [3.8, 4) is 17.2 Å². The summed E-state index contributed by atoms with van der Waals surface area (Å²) in [5.74, 6) is -0.361. The first-order valence-corrected chi connectivity index (χ1v) is 11.9. The Morgan fingerprint density at radius 3 is 2.51 bits per heavy atom. The van der Waals surface area contributed by atoms with Crippen LogP contribution in [0.3, 0.4) is 0 Å². The molecule has 2 aromatic carbocycles. The third-order valence-corrected chi connectivity index (χ3v) is 5.74. The van der Waals surface area contributed by atoms with Gasteiger partial charge in [0, 0.05) is 23.5 Å². The number of nitrogens with one attached hydrogen (secondary N) is 2. The van der Waals surface area contributed by atoms with E-state index in [2.05, 4.69) is 25.1 Å². The fraction of sp³-hybridized carbons (Fsp3) is 0.259. The summed E-state index contributed by atoms with van der Waals surface area (Å²) in [7, 11) is 0. The Hall–Kier alpha value is -4.35. The van der Waals surface area contributed by atoms with E-state index in [9.17, 15) is 26.7 Å². The topological polar surface area (TPSA) is 81.7 Å². The number of carbonyl (C=O) groups excluding carboxylic acids is 1. The van der Waals surface area contributed by atoms with Crippen molar-refractivity contribution in [2.45, 2.75) is 32.2 Å². The average Bonchev–Trinajstić information content (AvgIpc) is 2.84. The van der Waals surface area contributed by atoms with E-state index in [1.54, 1.807) is 18.2 Å². The third kappa shape index (κ3) is 8.32. The van der Waals surface area contributed by atoms with E-state index in [1.165, 1.54) is 42.6 Å². The molecule has 0 saturated heterocycles. The molecule has 1 aliphatic carbocycles. The highest BCUT2D eigenvalue weighted by atomic mass is 19.4. The molecule has 206 valence electrons. The van der Waals surface area contributed by atoms with Crippen LogP contribution in [0.4, 0.5) is 39.1 Å². The van der Waals surface area contributed by atoms with E-state index in [4.69, 9.17) is 4.74 Å². The van der Waals surface area contributed by atoms with Crippen LogP contribution in [0.5, 0.6) is 17.2 Å². The molecule has 0 bridgehead atoms. The van der Waals surface area contributed by atoms with Gasteiger partial charge in [0.25, 0.3) is 0 Å². The molecule has 4 rings (SSSR count). The molecule has 1 fully saturated rings. The Kier molecular flexibility index (Phi) is 8.84. The van der Waals surface area contributed by atoms with Crippen LogP contribution in [0.1, 0.15) is 24.8 Å². The van der Waals surface area contributed by atoms with E-state index in [0.29, 0.717) is 29.5 Å². The van der Waals surface area contributed by atoms with Gasteiger partial charge in [-0.1, -0.05) is 18.6 Å². The highest BCUT2D eigenvalue weighted by Gasteiger charge is 2.31. The highest BCUT2D eigenvalue weighted by molar-refractivity contribution is 6.03. The molecular formula is C27H24F5N3O4. The summed E-state index contributed by atoms with van der Waals surface area (Å²) in [5.41, 5.74) is 1.07. The van der Waals surface area contributed by atoms with E-state index in [-0.39, 0.29) is 23.1 Å². The van der Waals surface area contributed by atoms with Crippen LogP contribution < -0.4 is 24.8 Å². The maximum atomic E-state index is 12.9. The van der Waals surface area contributed by atoms with E-state index in [1.807, 2.05) is 0 Å². The zero-order chi connectivity index (χ0) is 27.8. The summed E-state index contributed by atoms with van der Waals surface area (Å²) < 4.78 is 77.2. The number of para-hydroxylation sites is 1. The van der Waals surface area contributed by atoms with Gasteiger partial charge in [-0.25, -0.2) is 4.98 Å². The van der Waals surface area contributed by atoms with Crippen LogP contribution in [0.15, 0.2) is 66.9 Å². The molecule has 1 amide bonds.